The van der Waals surface area contributed by atoms with E-state index in [1.54, 1.807) is 24.3 Å². The van der Waals surface area contributed by atoms with Crippen LogP contribution in [0.4, 0.5) is 5.69 Å². The van der Waals surface area contributed by atoms with Gasteiger partial charge in [-0.1, -0.05) is 23.4 Å². The van der Waals surface area contributed by atoms with Gasteiger partial charge in [0, 0.05) is 34.8 Å². The van der Waals surface area contributed by atoms with Crippen LogP contribution in [-0.4, -0.2) is 29.8 Å². The minimum absolute atomic E-state index is 0.481. The first-order valence-electron chi connectivity index (χ1n) is 8.44. The van der Waals surface area contributed by atoms with Gasteiger partial charge in [0.1, 0.15) is 0 Å². The lowest BCUT2D eigenvalue weighted by Crippen LogP contribution is -2.09. The van der Waals surface area contributed by atoms with Crippen molar-refractivity contribution in [3.05, 3.63) is 66.2 Å². The molecule has 0 aliphatic carbocycles. The monoisotopic (exact) mass is 382 g/mol. The molecule has 4 rings (SSSR count). The zero-order valence-corrected chi connectivity index (χ0v) is 15.5. The van der Waals surface area contributed by atoms with Crippen LogP contribution in [0.25, 0.3) is 22.3 Å². The molecule has 0 atom stereocenters. The Hall–Kier alpha value is -3.13. The Morgan fingerprint density at radius 3 is 2.63 bits per heavy atom. The standard InChI is InChI=1S/C19H18N4O3S/c1-27(24,25)23-15-9-6-13(7-10-15)19-21-18(26-22-19)11-8-14-12-20-17-5-3-2-4-16(14)17/h2-7,9-10,12,20,23H,8,11H2,1H3. The van der Waals surface area contributed by atoms with E-state index in [4.69, 9.17) is 4.52 Å². The molecule has 0 unspecified atom stereocenters. The summed E-state index contributed by atoms with van der Waals surface area (Å²) in [6.07, 6.45) is 4.56. The topological polar surface area (TPSA) is 101 Å². The third kappa shape index (κ3) is 4.01. The van der Waals surface area contributed by atoms with Crippen LogP contribution in [0.5, 0.6) is 0 Å². The molecule has 8 heteroatoms. The number of nitrogens with one attached hydrogen (secondary N) is 2. The van der Waals surface area contributed by atoms with E-state index in [1.165, 1.54) is 10.9 Å². The van der Waals surface area contributed by atoms with Crippen molar-refractivity contribution in [1.82, 2.24) is 15.1 Å². The van der Waals surface area contributed by atoms with E-state index in [2.05, 4.69) is 25.9 Å². The van der Waals surface area contributed by atoms with Gasteiger partial charge in [-0.15, -0.1) is 0 Å². The third-order valence-electron chi connectivity index (χ3n) is 4.20. The first-order chi connectivity index (χ1) is 13.0. The summed E-state index contributed by atoms with van der Waals surface area (Å²) in [7, 11) is -3.30. The van der Waals surface area contributed by atoms with Crippen molar-refractivity contribution in [2.45, 2.75) is 12.8 Å². The van der Waals surface area contributed by atoms with Crippen molar-refractivity contribution in [2.75, 3.05) is 11.0 Å². The molecule has 0 saturated heterocycles. The highest BCUT2D eigenvalue weighted by Crippen LogP contribution is 2.21. The molecular weight excluding hydrogens is 364 g/mol. The van der Waals surface area contributed by atoms with Gasteiger partial charge in [-0.2, -0.15) is 4.98 Å². The number of hydrogen-bond acceptors (Lipinski definition) is 5. The number of rotatable bonds is 6. The summed E-state index contributed by atoms with van der Waals surface area (Å²) in [6, 6.07) is 15.0. The molecule has 4 aromatic rings. The summed E-state index contributed by atoms with van der Waals surface area (Å²) >= 11 is 0. The molecule has 2 heterocycles. The number of aromatic nitrogens is 3. The number of hydrogen-bond donors (Lipinski definition) is 2. The number of aryl methyl sites for hydroxylation is 2. The molecule has 0 amide bonds. The maximum Gasteiger partial charge on any atom is 0.229 e. The van der Waals surface area contributed by atoms with Gasteiger partial charge in [-0.25, -0.2) is 8.42 Å². The Morgan fingerprint density at radius 2 is 1.85 bits per heavy atom. The maximum absolute atomic E-state index is 11.3. The molecule has 0 bridgehead atoms. The van der Waals surface area contributed by atoms with Crippen molar-refractivity contribution in [1.29, 1.82) is 0 Å². The van der Waals surface area contributed by atoms with Gasteiger partial charge in [0.15, 0.2) is 0 Å². The average molecular weight is 382 g/mol. The Balaban J connectivity index is 1.45. The highest BCUT2D eigenvalue weighted by atomic mass is 32.2. The molecule has 2 aromatic carbocycles. The third-order valence-corrected chi connectivity index (χ3v) is 4.80. The van der Waals surface area contributed by atoms with Gasteiger partial charge in [-0.3, -0.25) is 4.72 Å². The molecule has 0 aliphatic rings. The van der Waals surface area contributed by atoms with Crippen LogP contribution in [0.1, 0.15) is 11.5 Å². The van der Waals surface area contributed by atoms with E-state index < -0.39 is 10.0 Å². The molecule has 138 valence electrons. The Labute approximate surface area is 156 Å². The average Bonchev–Trinajstić information content (AvgIpc) is 3.26. The molecule has 0 spiro atoms. The second-order valence-corrected chi connectivity index (χ2v) is 8.07. The molecule has 0 saturated carbocycles. The Bertz CT molecular complexity index is 1180. The maximum atomic E-state index is 11.3. The molecule has 0 aliphatic heterocycles. The molecule has 2 N–H and O–H groups in total. The molecule has 2 aromatic heterocycles. The van der Waals surface area contributed by atoms with Gasteiger partial charge in [0.2, 0.25) is 21.7 Å². The van der Waals surface area contributed by atoms with E-state index in [9.17, 15) is 8.42 Å². The van der Waals surface area contributed by atoms with Gasteiger partial charge in [0.25, 0.3) is 0 Å². The van der Waals surface area contributed by atoms with Crippen molar-refractivity contribution in [2.24, 2.45) is 0 Å². The second kappa shape index (κ2) is 6.88. The number of fused-ring (bicyclic) bond motifs is 1. The van der Waals surface area contributed by atoms with E-state index in [0.29, 0.717) is 23.8 Å². The summed E-state index contributed by atoms with van der Waals surface area (Å²) in [4.78, 5) is 7.70. The zero-order chi connectivity index (χ0) is 18.9. The van der Waals surface area contributed by atoms with Crippen LogP contribution in [0.3, 0.4) is 0 Å². The predicted molar refractivity (Wildman–Crippen MR) is 104 cm³/mol. The first kappa shape index (κ1) is 17.3. The number of sulfonamides is 1. The molecular formula is C19H18N4O3S. The molecule has 0 radical (unpaired) electrons. The number of aromatic amines is 1. The predicted octanol–water partition coefficient (Wildman–Crippen LogP) is 3.37. The summed E-state index contributed by atoms with van der Waals surface area (Å²) in [5, 5.41) is 5.22. The Kier molecular flexibility index (Phi) is 4.41. The van der Waals surface area contributed by atoms with E-state index in [0.717, 1.165) is 23.8 Å². The van der Waals surface area contributed by atoms with Crippen molar-refractivity contribution in [3.63, 3.8) is 0 Å². The SMILES string of the molecule is CS(=O)(=O)Nc1ccc(-c2noc(CCc3c[nH]c4ccccc34)n2)cc1. The van der Waals surface area contributed by atoms with Crippen molar-refractivity contribution in [3.8, 4) is 11.4 Å². The fraction of sp³-hybridized carbons (Fsp3) is 0.158. The highest BCUT2D eigenvalue weighted by Gasteiger charge is 2.11. The summed E-state index contributed by atoms with van der Waals surface area (Å²) in [5.74, 6) is 1.04. The van der Waals surface area contributed by atoms with Crippen LogP contribution in [0.15, 0.2) is 59.3 Å². The fourth-order valence-electron chi connectivity index (χ4n) is 2.96. The van der Waals surface area contributed by atoms with Gasteiger partial charge < -0.3 is 9.51 Å². The van der Waals surface area contributed by atoms with Crippen LogP contribution in [-0.2, 0) is 22.9 Å². The van der Waals surface area contributed by atoms with E-state index >= 15 is 0 Å². The van der Waals surface area contributed by atoms with Crippen LogP contribution >= 0.6 is 0 Å². The molecule has 0 fully saturated rings. The number of nitrogens with zero attached hydrogens (tertiary/aromatic N) is 2. The number of benzene rings is 2. The number of para-hydroxylation sites is 1. The van der Waals surface area contributed by atoms with Gasteiger partial charge in [0.05, 0.1) is 6.26 Å². The summed E-state index contributed by atoms with van der Waals surface area (Å²) in [6.45, 7) is 0. The summed E-state index contributed by atoms with van der Waals surface area (Å²) < 4.78 is 30.3. The molecule has 7 nitrogen and oxygen atoms in total. The van der Waals surface area contributed by atoms with Crippen LogP contribution in [0.2, 0.25) is 0 Å². The van der Waals surface area contributed by atoms with E-state index in [1.807, 2.05) is 24.4 Å². The van der Waals surface area contributed by atoms with Crippen molar-refractivity contribution >= 4 is 26.6 Å². The minimum atomic E-state index is -3.30. The number of anilines is 1. The van der Waals surface area contributed by atoms with Crippen molar-refractivity contribution < 1.29 is 12.9 Å². The Morgan fingerprint density at radius 1 is 1.07 bits per heavy atom. The quantitative estimate of drug-likeness (QED) is 0.532. The summed E-state index contributed by atoms with van der Waals surface area (Å²) in [5.41, 5.74) is 3.57. The van der Waals surface area contributed by atoms with Crippen LogP contribution < -0.4 is 4.72 Å². The molecule has 27 heavy (non-hydrogen) atoms. The lowest BCUT2D eigenvalue weighted by molar-refractivity contribution is 0.379. The normalized spacial score (nSPS) is 11.7. The lowest BCUT2D eigenvalue weighted by atomic mass is 10.1. The largest absolute Gasteiger partial charge is 0.361 e. The zero-order valence-electron chi connectivity index (χ0n) is 14.6. The van der Waals surface area contributed by atoms with Gasteiger partial charge in [-0.05, 0) is 42.3 Å². The van der Waals surface area contributed by atoms with Gasteiger partial charge >= 0.3 is 0 Å². The second-order valence-electron chi connectivity index (χ2n) is 6.32. The lowest BCUT2D eigenvalue weighted by Gasteiger charge is -2.03. The fourth-order valence-corrected chi connectivity index (χ4v) is 3.52. The van der Waals surface area contributed by atoms with Crippen LogP contribution in [0, 0.1) is 0 Å². The minimum Gasteiger partial charge on any atom is -0.361 e. The van der Waals surface area contributed by atoms with E-state index in [-0.39, 0.29) is 0 Å². The first-order valence-corrected chi connectivity index (χ1v) is 10.3. The number of H-pyrrole nitrogens is 1. The highest BCUT2D eigenvalue weighted by molar-refractivity contribution is 7.92. The smallest absolute Gasteiger partial charge is 0.229 e.